The number of benzene rings is 1. The van der Waals surface area contributed by atoms with E-state index < -0.39 is 5.97 Å². The van der Waals surface area contributed by atoms with Gasteiger partial charge in [-0.2, -0.15) is 0 Å². The Balaban J connectivity index is 2.17. The Labute approximate surface area is 117 Å². The summed E-state index contributed by atoms with van der Waals surface area (Å²) in [6, 6.07) is 5.84. The fourth-order valence-electron chi connectivity index (χ4n) is 1.97. The molecule has 0 unspecified atom stereocenters. The smallest absolute Gasteiger partial charge is 0.305 e. The molecule has 0 saturated heterocycles. The molecule has 0 aliphatic carbocycles. The Kier molecular flexibility index (Phi) is 4.34. The molecule has 6 heteroatoms. The van der Waals surface area contributed by atoms with E-state index in [2.05, 4.69) is 16.9 Å². The number of fused-ring (bicyclic) bond motifs is 1. The molecule has 0 radical (unpaired) electrons. The molecular formula is C14H18N4O2. The highest BCUT2D eigenvalue weighted by atomic mass is 16.4. The first-order valence-electron chi connectivity index (χ1n) is 6.49. The van der Waals surface area contributed by atoms with E-state index in [1.807, 2.05) is 40.9 Å². The van der Waals surface area contributed by atoms with Gasteiger partial charge in [0.2, 0.25) is 0 Å². The topological polar surface area (TPSA) is 71.2 Å². The number of aliphatic carboxylic acids is 1. The van der Waals surface area contributed by atoms with Crippen LogP contribution >= 0.6 is 0 Å². The average molecular weight is 274 g/mol. The van der Waals surface area contributed by atoms with E-state index in [4.69, 9.17) is 5.11 Å². The number of carbonyl (C=O) groups is 1. The van der Waals surface area contributed by atoms with E-state index in [0.717, 1.165) is 29.7 Å². The van der Waals surface area contributed by atoms with Gasteiger partial charge in [-0.15, -0.1) is 11.7 Å². The Hall–Kier alpha value is -2.37. The molecule has 0 atom stereocenters. The summed E-state index contributed by atoms with van der Waals surface area (Å²) in [5.74, 6) is -0.798. The third kappa shape index (κ3) is 3.14. The van der Waals surface area contributed by atoms with Crippen LogP contribution in [0.4, 0.5) is 5.69 Å². The zero-order valence-electron chi connectivity index (χ0n) is 11.5. The fraction of sp³-hybridized carbons (Fsp3) is 0.357. The lowest BCUT2D eigenvalue weighted by molar-refractivity contribution is -0.136. The highest BCUT2D eigenvalue weighted by Crippen LogP contribution is 2.20. The summed E-state index contributed by atoms with van der Waals surface area (Å²) in [6.07, 6.45) is 2.81. The minimum Gasteiger partial charge on any atom is -0.481 e. The number of hydrogen-bond acceptors (Lipinski definition) is 4. The van der Waals surface area contributed by atoms with Crippen LogP contribution in [0.3, 0.4) is 0 Å². The number of nitrogens with zero attached hydrogens (tertiary/aromatic N) is 4. The summed E-state index contributed by atoms with van der Waals surface area (Å²) in [4.78, 5) is 12.5. The summed E-state index contributed by atoms with van der Waals surface area (Å²) in [5, 5.41) is 17.0. The molecule has 1 aromatic carbocycles. The van der Waals surface area contributed by atoms with Gasteiger partial charge in [0.05, 0.1) is 11.9 Å². The van der Waals surface area contributed by atoms with Gasteiger partial charge in [0.15, 0.2) is 0 Å². The largest absolute Gasteiger partial charge is 0.481 e. The van der Waals surface area contributed by atoms with Crippen LogP contribution in [0.5, 0.6) is 0 Å². The zero-order chi connectivity index (χ0) is 14.5. The van der Waals surface area contributed by atoms with E-state index in [-0.39, 0.29) is 6.42 Å². The third-order valence-electron chi connectivity index (χ3n) is 3.14. The van der Waals surface area contributed by atoms with Gasteiger partial charge >= 0.3 is 5.97 Å². The predicted octanol–water partition coefficient (Wildman–Crippen LogP) is 1.92. The molecule has 0 aliphatic heterocycles. The number of anilines is 1. The number of carboxylic acids is 1. The maximum absolute atomic E-state index is 10.6. The zero-order valence-corrected chi connectivity index (χ0v) is 11.5. The normalized spacial score (nSPS) is 10.7. The van der Waals surface area contributed by atoms with Crippen LogP contribution in [0.2, 0.25) is 0 Å². The molecule has 2 rings (SSSR count). The molecule has 0 aliphatic rings. The van der Waals surface area contributed by atoms with Crippen molar-refractivity contribution in [2.75, 3.05) is 18.5 Å². The highest BCUT2D eigenvalue weighted by molar-refractivity contribution is 5.79. The van der Waals surface area contributed by atoms with Gasteiger partial charge < -0.3 is 10.0 Å². The Morgan fingerprint density at radius 1 is 1.55 bits per heavy atom. The van der Waals surface area contributed by atoms with Crippen molar-refractivity contribution in [1.29, 1.82) is 0 Å². The SMILES string of the molecule is C=CCCn1nnc2cc(N(C)CCC(=O)O)ccc21. The number of allylic oxidation sites excluding steroid dienone is 1. The van der Waals surface area contributed by atoms with E-state index in [9.17, 15) is 4.79 Å². The average Bonchev–Trinajstić information content (AvgIpc) is 2.84. The molecule has 1 N–H and O–H groups in total. The van der Waals surface area contributed by atoms with E-state index in [1.54, 1.807) is 0 Å². The van der Waals surface area contributed by atoms with E-state index in [0.29, 0.717) is 6.54 Å². The second-order valence-electron chi connectivity index (χ2n) is 4.63. The van der Waals surface area contributed by atoms with Crippen molar-refractivity contribution < 1.29 is 9.90 Å². The summed E-state index contributed by atoms with van der Waals surface area (Å²) in [7, 11) is 1.87. The van der Waals surface area contributed by atoms with Crippen molar-refractivity contribution in [2.45, 2.75) is 19.4 Å². The first kappa shape index (κ1) is 14.0. The standard InChI is InChI=1S/C14H18N4O2/c1-3-4-8-18-13-6-5-11(10-12(13)15-16-18)17(2)9-7-14(19)20/h3,5-6,10H,1,4,7-9H2,2H3,(H,19,20). The fourth-order valence-corrected chi connectivity index (χ4v) is 1.97. The van der Waals surface area contributed by atoms with Crippen LogP contribution in [0, 0.1) is 0 Å². The van der Waals surface area contributed by atoms with Crippen molar-refractivity contribution in [3.63, 3.8) is 0 Å². The van der Waals surface area contributed by atoms with Crippen LogP contribution in [0.15, 0.2) is 30.9 Å². The van der Waals surface area contributed by atoms with Gasteiger partial charge in [0, 0.05) is 25.8 Å². The molecule has 2 aromatic rings. The Bertz CT molecular complexity index is 621. The predicted molar refractivity (Wildman–Crippen MR) is 77.9 cm³/mol. The van der Waals surface area contributed by atoms with Crippen LogP contribution in [0.25, 0.3) is 11.0 Å². The minimum atomic E-state index is -0.798. The number of aromatic nitrogens is 3. The summed E-state index contributed by atoms with van der Waals surface area (Å²) >= 11 is 0. The van der Waals surface area contributed by atoms with Crippen molar-refractivity contribution in [3.05, 3.63) is 30.9 Å². The Morgan fingerprint density at radius 3 is 3.05 bits per heavy atom. The van der Waals surface area contributed by atoms with E-state index in [1.165, 1.54) is 0 Å². The molecule has 0 amide bonds. The molecular weight excluding hydrogens is 256 g/mol. The van der Waals surface area contributed by atoms with Gasteiger partial charge in [-0.05, 0) is 24.6 Å². The number of carboxylic acid groups (broad SMARTS) is 1. The maximum Gasteiger partial charge on any atom is 0.305 e. The van der Waals surface area contributed by atoms with Gasteiger partial charge in [-0.3, -0.25) is 4.79 Å². The van der Waals surface area contributed by atoms with Crippen LogP contribution < -0.4 is 4.90 Å². The van der Waals surface area contributed by atoms with Gasteiger partial charge in [-0.1, -0.05) is 11.3 Å². The second kappa shape index (κ2) is 6.18. The molecule has 1 aromatic heterocycles. The van der Waals surface area contributed by atoms with Crippen molar-refractivity contribution in [2.24, 2.45) is 0 Å². The number of rotatable bonds is 7. The van der Waals surface area contributed by atoms with Crippen LogP contribution in [-0.2, 0) is 11.3 Å². The summed E-state index contributed by atoms with van der Waals surface area (Å²) in [5.41, 5.74) is 2.73. The summed E-state index contributed by atoms with van der Waals surface area (Å²) in [6.45, 7) is 4.92. The minimum absolute atomic E-state index is 0.112. The van der Waals surface area contributed by atoms with Crippen LogP contribution in [0.1, 0.15) is 12.8 Å². The maximum atomic E-state index is 10.6. The lowest BCUT2D eigenvalue weighted by atomic mass is 10.2. The van der Waals surface area contributed by atoms with Gasteiger partial charge in [0.1, 0.15) is 5.52 Å². The monoisotopic (exact) mass is 274 g/mol. The molecule has 0 fully saturated rings. The molecule has 6 nitrogen and oxygen atoms in total. The van der Waals surface area contributed by atoms with Crippen molar-refractivity contribution >= 4 is 22.7 Å². The highest BCUT2D eigenvalue weighted by Gasteiger charge is 2.08. The first-order valence-corrected chi connectivity index (χ1v) is 6.49. The molecule has 1 heterocycles. The lowest BCUT2D eigenvalue weighted by Gasteiger charge is -2.18. The van der Waals surface area contributed by atoms with Crippen molar-refractivity contribution in [3.8, 4) is 0 Å². The van der Waals surface area contributed by atoms with Crippen molar-refractivity contribution in [1.82, 2.24) is 15.0 Å². The third-order valence-corrected chi connectivity index (χ3v) is 3.14. The quantitative estimate of drug-likeness (QED) is 0.781. The van der Waals surface area contributed by atoms with Crippen LogP contribution in [-0.4, -0.2) is 39.7 Å². The van der Waals surface area contributed by atoms with Gasteiger partial charge in [0.25, 0.3) is 0 Å². The number of aryl methyl sites for hydroxylation is 1. The summed E-state index contributed by atoms with van der Waals surface area (Å²) < 4.78 is 1.85. The van der Waals surface area contributed by atoms with Gasteiger partial charge in [-0.25, -0.2) is 4.68 Å². The lowest BCUT2D eigenvalue weighted by Crippen LogP contribution is -2.20. The molecule has 0 saturated carbocycles. The molecule has 0 bridgehead atoms. The second-order valence-corrected chi connectivity index (χ2v) is 4.63. The molecule has 20 heavy (non-hydrogen) atoms. The molecule has 0 spiro atoms. The molecule has 106 valence electrons. The Morgan fingerprint density at radius 2 is 2.35 bits per heavy atom. The first-order chi connectivity index (χ1) is 9.61. The number of hydrogen-bond donors (Lipinski definition) is 1. The van der Waals surface area contributed by atoms with E-state index >= 15 is 0 Å².